The molecule has 1 fully saturated rings. The van der Waals surface area contributed by atoms with E-state index in [2.05, 4.69) is 16.0 Å². The molecule has 3 aliphatic heterocycles. The lowest BCUT2D eigenvalue weighted by atomic mass is 10.1. The molecular formula is C20H22N4O4S. The number of hydrogen-bond donors (Lipinski definition) is 0. The van der Waals surface area contributed by atoms with E-state index in [4.69, 9.17) is 9.47 Å². The van der Waals surface area contributed by atoms with Crippen molar-refractivity contribution >= 4 is 17.7 Å². The Bertz CT molecular complexity index is 987. The molecule has 152 valence electrons. The number of hydrogen-bond acceptors (Lipinski definition) is 7. The van der Waals surface area contributed by atoms with Crippen molar-refractivity contribution in [3.05, 3.63) is 46.4 Å². The van der Waals surface area contributed by atoms with Gasteiger partial charge in [-0.15, -0.1) is 0 Å². The molecule has 1 aromatic heterocycles. The van der Waals surface area contributed by atoms with Crippen LogP contribution in [0.4, 0.5) is 0 Å². The van der Waals surface area contributed by atoms with Gasteiger partial charge in [0.2, 0.25) is 12.7 Å². The Labute approximate surface area is 172 Å². The third-order valence-corrected chi connectivity index (χ3v) is 6.74. The summed E-state index contributed by atoms with van der Waals surface area (Å²) < 4.78 is 12.4. The molecule has 0 spiro atoms. The van der Waals surface area contributed by atoms with Crippen molar-refractivity contribution in [2.75, 3.05) is 38.7 Å². The van der Waals surface area contributed by atoms with Gasteiger partial charge in [-0.05, 0) is 17.7 Å². The van der Waals surface area contributed by atoms with Crippen LogP contribution < -0.4 is 15.0 Å². The summed E-state index contributed by atoms with van der Waals surface area (Å²) in [5.41, 5.74) is 1.09. The topological polar surface area (TPSA) is 76.9 Å². The van der Waals surface area contributed by atoms with Crippen LogP contribution in [0.3, 0.4) is 0 Å². The second-order valence-corrected chi connectivity index (χ2v) is 8.46. The number of amides is 1. The van der Waals surface area contributed by atoms with E-state index in [1.807, 2.05) is 17.0 Å². The van der Waals surface area contributed by atoms with E-state index in [1.165, 1.54) is 29.6 Å². The number of carbonyl (C=O) groups is 1. The molecule has 1 saturated heterocycles. The number of ether oxygens (including phenoxy) is 2. The summed E-state index contributed by atoms with van der Waals surface area (Å²) >= 11 is 1.49. The molecule has 1 unspecified atom stereocenters. The van der Waals surface area contributed by atoms with Gasteiger partial charge in [0.05, 0.1) is 5.92 Å². The maximum Gasteiger partial charge on any atom is 0.254 e. The highest BCUT2D eigenvalue weighted by molar-refractivity contribution is 7.99. The van der Waals surface area contributed by atoms with E-state index in [9.17, 15) is 9.59 Å². The van der Waals surface area contributed by atoms with Gasteiger partial charge in [-0.2, -0.15) is 0 Å². The van der Waals surface area contributed by atoms with Crippen LogP contribution in [-0.2, 0) is 17.9 Å². The highest BCUT2D eigenvalue weighted by Crippen LogP contribution is 2.33. The Kier molecular flexibility index (Phi) is 4.92. The number of fused-ring (bicyclic) bond motifs is 2. The van der Waals surface area contributed by atoms with Crippen molar-refractivity contribution < 1.29 is 14.3 Å². The first-order valence-corrected chi connectivity index (χ1v) is 10.7. The fourth-order valence-corrected chi connectivity index (χ4v) is 5.04. The summed E-state index contributed by atoms with van der Waals surface area (Å²) in [6, 6.07) is 7.49. The molecule has 29 heavy (non-hydrogen) atoms. The Morgan fingerprint density at radius 1 is 1.14 bits per heavy atom. The van der Waals surface area contributed by atoms with Crippen LogP contribution in [0.25, 0.3) is 0 Å². The van der Waals surface area contributed by atoms with Crippen LogP contribution in [0.2, 0.25) is 0 Å². The lowest BCUT2D eigenvalue weighted by Gasteiger charge is -2.37. The average molecular weight is 414 g/mol. The maximum atomic E-state index is 13.0. The second kappa shape index (κ2) is 7.72. The van der Waals surface area contributed by atoms with Gasteiger partial charge in [-0.25, -0.2) is 4.98 Å². The number of nitrogens with zero attached hydrogens (tertiary/aromatic N) is 4. The van der Waals surface area contributed by atoms with Crippen molar-refractivity contribution in [2.45, 2.75) is 18.2 Å². The van der Waals surface area contributed by atoms with E-state index in [0.29, 0.717) is 30.5 Å². The van der Waals surface area contributed by atoms with Crippen LogP contribution in [0.15, 0.2) is 40.4 Å². The van der Waals surface area contributed by atoms with Crippen molar-refractivity contribution in [1.82, 2.24) is 19.4 Å². The Morgan fingerprint density at radius 2 is 1.97 bits per heavy atom. The average Bonchev–Trinajstić information content (AvgIpc) is 3.22. The third kappa shape index (κ3) is 3.72. The van der Waals surface area contributed by atoms with Crippen molar-refractivity contribution in [2.24, 2.45) is 5.92 Å². The van der Waals surface area contributed by atoms with Crippen molar-refractivity contribution in [3.8, 4) is 11.5 Å². The summed E-state index contributed by atoms with van der Waals surface area (Å²) in [4.78, 5) is 33.6. The van der Waals surface area contributed by atoms with Crippen LogP contribution in [0, 0.1) is 5.92 Å². The summed E-state index contributed by atoms with van der Waals surface area (Å²) in [6.45, 7) is 4.61. The van der Waals surface area contributed by atoms with Crippen LogP contribution >= 0.6 is 11.8 Å². The molecule has 3 aliphatic rings. The van der Waals surface area contributed by atoms with E-state index in [-0.39, 0.29) is 24.2 Å². The molecule has 2 aromatic rings. The lowest BCUT2D eigenvalue weighted by molar-refractivity contribution is -0.137. The van der Waals surface area contributed by atoms with Gasteiger partial charge in [0.25, 0.3) is 5.56 Å². The first-order valence-electron chi connectivity index (χ1n) is 9.76. The number of rotatable bonds is 3. The monoisotopic (exact) mass is 414 g/mol. The molecule has 1 atom stereocenters. The van der Waals surface area contributed by atoms with Gasteiger partial charge < -0.3 is 14.4 Å². The van der Waals surface area contributed by atoms with E-state index in [0.717, 1.165) is 31.1 Å². The minimum absolute atomic E-state index is 0.0893. The lowest BCUT2D eigenvalue weighted by Crippen LogP contribution is -2.51. The summed E-state index contributed by atoms with van der Waals surface area (Å²) in [5, 5.41) is 0.704. The predicted molar refractivity (Wildman–Crippen MR) is 107 cm³/mol. The van der Waals surface area contributed by atoms with Gasteiger partial charge in [0.15, 0.2) is 16.7 Å². The molecule has 4 heterocycles. The SMILES string of the molecule is O=C(C1CSc2nccc(=O)n2C1)N1CCN(Cc2ccc3c(c2)OCO3)CC1. The molecule has 1 aromatic carbocycles. The first kappa shape index (κ1) is 18.5. The van der Waals surface area contributed by atoms with Crippen LogP contribution in [-0.4, -0.2) is 64.0 Å². The summed E-state index contributed by atoms with van der Waals surface area (Å²) in [5.74, 6) is 2.24. The van der Waals surface area contributed by atoms with Gasteiger partial charge in [0.1, 0.15) is 0 Å². The predicted octanol–water partition coefficient (Wildman–Crippen LogP) is 1.04. The quantitative estimate of drug-likeness (QED) is 0.695. The number of benzene rings is 1. The summed E-state index contributed by atoms with van der Waals surface area (Å²) in [7, 11) is 0. The Balaban J connectivity index is 1.17. The largest absolute Gasteiger partial charge is 0.454 e. The summed E-state index contributed by atoms with van der Waals surface area (Å²) in [6.07, 6.45) is 1.53. The van der Waals surface area contributed by atoms with Crippen LogP contribution in [0.1, 0.15) is 5.56 Å². The first-order chi connectivity index (χ1) is 14.2. The van der Waals surface area contributed by atoms with Crippen molar-refractivity contribution in [3.63, 3.8) is 0 Å². The molecule has 9 heteroatoms. The smallest absolute Gasteiger partial charge is 0.254 e. The maximum absolute atomic E-state index is 13.0. The zero-order chi connectivity index (χ0) is 19.8. The van der Waals surface area contributed by atoms with E-state index >= 15 is 0 Å². The number of piperazine rings is 1. The molecule has 0 aliphatic carbocycles. The number of carbonyl (C=O) groups excluding carboxylic acids is 1. The van der Waals surface area contributed by atoms with Crippen LogP contribution in [0.5, 0.6) is 11.5 Å². The van der Waals surface area contributed by atoms with E-state index < -0.39 is 0 Å². The zero-order valence-electron chi connectivity index (χ0n) is 16.0. The molecule has 0 N–H and O–H groups in total. The molecule has 0 bridgehead atoms. The highest BCUT2D eigenvalue weighted by Gasteiger charge is 2.31. The van der Waals surface area contributed by atoms with Crippen molar-refractivity contribution in [1.29, 1.82) is 0 Å². The zero-order valence-corrected chi connectivity index (χ0v) is 16.8. The Morgan fingerprint density at radius 3 is 2.83 bits per heavy atom. The normalized spacial score (nSPS) is 21.1. The molecule has 0 radical (unpaired) electrons. The minimum atomic E-state index is -0.171. The fourth-order valence-electron chi connectivity index (χ4n) is 3.98. The standard InChI is InChI=1S/C20H22N4O4S/c25-18-3-4-21-20-24(18)11-15(12-29-20)19(26)23-7-5-22(6-8-23)10-14-1-2-16-17(9-14)28-13-27-16/h1-4,9,15H,5-8,10-13H2. The van der Waals surface area contributed by atoms with E-state index in [1.54, 1.807) is 4.57 Å². The molecule has 1 amide bonds. The molecular weight excluding hydrogens is 392 g/mol. The highest BCUT2D eigenvalue weighted by atomic mass is 32.2. The third-order valence-electron chi connectivity index (χ3n) is 5.59. The van der Waals surface area contributed by atoms with Gasteiger partial charge in [0, 0.05) is 57.3 Å². The second-order valence-electron chi connectivity index (χ2n) is 7.47. The van der Waals surface area contributed by atoms with Gasteiger partial charge in [-0.1, -0.05) is 17.8 Å². The van der Waals surface area contributed by atoms with Gasteiger partial charge >= 0.3 is 0 Å². The minimum Gasteiger partial charge on any atom is -0.454 e. The molecule has 0 saturated carbocycles. The molecule has 5 rings (SSSR count). The number of thioether (sulfide) groups is 1. The van der Waals surface area contributed by atoms with Gasteiger partial charge in [-0.3, -0.25) is 19.1 Å². The number of aromatic nitrogens is 2. The molecule has 8 nitrogen and oxygen atoms in total. The Hall–Kier alpha value is -2.52. The fraction of sp³-hybridized carbons (Fsp3) is 0.450.